The minimum atomic E-state index is -0.641. The number of amides is 1. The molecule has 1 aliphatic rings. The Labute approximate surface area is 133 Å². The van der Waals surface area contributed by atoms with Gasteiger partial charge in [0.1, 0.15) is 6.04 Å². The molecule has 7 heteroatoms. The average molecular weight is 331 g/mol. The molecule has 1 atom stereocenters. The van der Waals surface area contributed by atoms with Crippen LogP contribution in [0.15, 0.2) is 18.2 Å². The topological polar surface area (TPSA) is 58.6 Å². The molecular formula is C14H16Cl2N2O3. The fraction of sp³-hybridized carbons (Fsp3) is 0.429. The summed E-state index contributed by atoms with van der Waals surface area (Å²) in [5.41, 5.74) is 0.331. The van der Waals surface area contributed by atoms with E-state index in [4.69, 9.17) is 27.9 Å². The zero-order chi connectivity index (χ0) is 15.4. The zero-order valence-corrected chi connectivity index (χ0v) is 13.1. The van der Waals surface area contributed by atoms with Gasteiger partial charge in [-0.25, -0.2) is 4.79 Å². The van der Waals surface area contributed by atoms with E-state index in [-0.39, 0.29) is 17.5 Å². The second-order valence-electron chi connectivity index (χ2n) is 4.59. The number of ether oxygens (including phenoxy) is 1. The molecule has 1 saturated heterocycles. The first-order valence-electron chi connectivity index (χ1n) is 6.68. The van der Waals surface area contributed by atoms with E-state index in [1.54, 1.807) is 19.1 Å². The van der Waals surface area contributed by atoms with E-state index in [1.807, 2.05) is 0 Å². The minimum Gasteiger partial charge on any atom is -0.464 e. The largest absolute Gasteiger partial charge is 0.464 e. The van der Waals surface area contributed by atoms with Crippen LogP contribution in [0.4, 0.5) is 0 Å². The summed E-state index contributed by atoms with van der Waals surface area (Å²) in [5.74, 6) is -0.709. The predicted molar refractivity (Wildman–Crippen MR) is 80.8 cm³/mol. The van der Waals surface area contributed by atoms with Gasteiger partial charge in [-0.3, -0.25) is 4.79 Å². The van der Waals surface area contributed by atoms with Gasteiger partial charge in [-0.05, 0) is 25.1 Å². The Morgan fingerprint density at radius 2 is 2.19 bits per heavy atom. The standard InChI is InChI=1S/C14H16Cl2N2O3/c1-2-21-14(20)12-8-17-5-6-18(12)13(19)10-4-3-9(15)7-11(10)16/h3-4,7,12,17H,2,5-6,8H2,1H3. The minimum absolute atomic E-state index is 0.272. The summed E-state index contributed by atoms with van der Waals surface area (Å²) >= 11 is 11.9. The van der Waals surface area contributed by atoms with Gasteiger partial charge in [0.25, 0.3) is 5.91 Å². The van der Waals surface area contributed by atoms with Crippen molar-refractivity contribution in [2.45, 2.75) is 13.0 Å². The average Bonchev–Trinajstić information content (AvgIpc) is 2.47. The van der Waals surface area contributed by atoms with E-state index < -0.39 is 12.0 Å². The van der Waals surface area contributed by atoms with Crippen molar-refractivity contribution < 1.29 is 14.3 Å². The van der Waals surface area contributed by atoms with Crippen molar-refractivity contribution in [1.29, 1.82) is 0 Å². The molecular weight excluding hydrogens is 315 g/mol. The first-order valence-corrected chi connectivity index (χ1v) is 7.43. The van der Waals surface area contributed by atoms with Crippen molar-refractivity contribution in [3.8, 4) is 0 Å². The van der Waals surface area contributed by atoms with E-state index in [0.29, 0.717) is 30.2 Å². The molecule has 0 bridgehead atoms. The summed E-state index contributed by atoms with van der Waals surface area (Å²) in [4.78, 5) is 26.1. The van der Waals surface area contributed by atoms with Gasteiger partial charge < -0.3 is 15.0 Å². The van der Waals surface area contributed by atoms with Gasteiger partial charge in [0.2, 0.25) is 0 Å². The number of nitrogens with zero attached hydrogens (tertiary/aromatic N) is 1. The summed E-state index contributed by atoms with van der Waals surface area (Å²) in [6.45, 7) is 3.42. The molecule has 0 radical (unpaired) electrons. The molecule has 1 aliphatic heterocycles. The van der Waals surface area contributed by atoms with Crippen LogP contribution in [0.3, 0.4) is 0 Å². The van der Waals surface area contributed by atoms with Crippen LogP contribution in [0.1, 0.15) is 17.3 Å². The fourth-order valence-corrected chi connectivity index (χ4v) is 2.70. The van der Waals surface area contributed by atoms with Gasteiger partial charge in [-0.1, -0.05) is 23.2 Å². The number of esters is 1. The van der Waals surface area contributed by atoms with Gasteiger partial charge in [-0.2, -0.15) is 0 Å². The Hall–Kier alpha value is -1.30. The maximum atomic E-state index is 12.6. The summed E-state index contributed by atoms with van der Waals surface area (Å²) in [6, 6.07) is 4.04. The van der Waals surface area contributed by atoms with Crippen molar-refractivity contribution in [2.75, 3.05) is 26.2 Å². The molecule has 2 rings (SSSR count). The first-order chi connectivity index (χ1) is 10.0. The van der Waals surface area contributed by atoms with Crippen molar-refractivity contribution in [3.63, 3.8) is 0 Å². The Morgan fingerprint density at radius 1 is 1.43 bits per heavy atom. The van der Waals surface area contributed by atoms with E-state index in [0.717, 1.165) is 0 Å². The molecule has 1 aromatic rings. The van der Waals surface area contributed by atoms with E-state index in [2.05, 4.69) is 5.32 Å². The second-order valence-corrected chi connectivity index (χ2v) is 5.44. The first kappa shape index (κ1) is 16.1. The van der Waals surface area contributed by atoms with Crippen molar-refractivity contribution in [1.82, 2.24) is 10.2 Å². The number of carbonyl (C=O) groups excluding carboxylic acids is 2. The lowest BCUT2D eigenvalue weighted by atomic mass is 10.1. The normalized spacial score (nSPS) is 18.4. The number of halogens is 2. The van der Waals surface area contributed by atoms with E-state index in [9.17, 15) is 9.59 Å². The number of hydrogen-bond donors (Lipinski definition) is 1. The van der Waals surface area contributed by atoms with Gasteiger partial charge in [0.15, 0.2) is 0 Å². The summed E-state index contributed by atoms with van der Waals surface area (Å²) in [7, 11) is 0. The molecule has 1 amide bonds. The third-order valence-electron chi connectivity index (χ3n) is 3.22. The molecule has 1 aromatic carbocycles. The molecule has 1 heterocycles. The Morgan fingerprint density at radius 3 is 2.86 bits per heavy atom. The van der Waals surface area contributed by atoms with Crippen LogP contribution in [-0.2, 0) is 9.53 Å². The molecule has 1 fully saturated rings. The van der Waals surface area contributed by atoms with Crippen LogP contribution in [0.5, 0.6) is 0 Å². The van der Waals surface area contributed by atoms with Crippen LogP contribution >= 0.6 is 23.2 Å². The van der Waals surface area contributed by atoms with E-state index in [1.165, 1.54) is 11.0 Å². The highest BCUT2D eigenvalue weighted by atomic mass is 35.5. The molecule has 0 aliphatic carbocycles. The van der Waals surface area contributed by atoms with Crippen molar-refractivity contribution in [2.24, 2.45) is 0 Å². The second kappa shape index (κ2) is 7.11. The maximum absolute atomic E-state index is 12.6. The monoisotopic (exact) mass is 330 g/mol. The van der Waals surface area contributed by atoms with Crippen molar-refractivity contribution >= 4 is 35.1 Å². The lowest BCUT2D eigenvalue weighted by molar-refractivity contribution is -0.149. The smallest absolute Gasteiger partial charge is 0.330 e. The van der Waals surface area contributed by atoms with Gasteiger partial charge in [-0.15, -0.1) is 0 Å². The lowest BCUT2D eigenvalue weighted by Crippen LogP contribution is -2.57. The van der Waals surface area contributed by atoms with E-state index >= 15 is 0 Å². The summed E-state index contributed by atoms with van der Waals surface area (Å²) in [5, 5.41) is 3.81. The molecule has 1 unspecified atom stereocenters. The molecule has 5 nitrogen and oxygen atoms in total. The summed E-state index contributed by atoms with van der Waals surface area (Å²) in [6.07, 6.45) is 0. The van der Waals surface area contributed by atoms with Gasteiger partial charge in [0, 0.05) is 24.7 Å². The Kier molecular flexibility index (Phi) is 5.45. The number of carbonyl (C=O) groups is 2. The van der Waals surface area contributed by atoms with Crippen LogP contribution < -0.4 is 5.32 Å². The summed E-state index contributed by atoms with van der Waals surface area (Å²) < 4.78 is 5.02. The van der Waals surface area contributed by atoms with Gasteiger partial charge >= 0.3 is 5.97 Å². The quantitative estimate of drug-likeness (QED) is 0.861. The van der Waals surface area contributed by atoms with Crippen LogP contribution in [-0.4, -0.2) is 49.1 Å². The van der Waals surface area contributed by atoms with Gasteiger partial charge in [0.05, 0.1) is 17.2 Å². The Bertz CT molecular complexity index is 551. The number of hydrogen-bond acceptors (Lipinski definition) is 4. The molecule has 0 aromatic heterocycles. The van der Waals surface area contributed by atoms with Crippen molar-refractivity contribution in [3.05, 3.63) is 33.8 Å². The SMILES string of the molecule is CCOC(=O)C1CNCCN1C(=O)c1ccc(Cl)cc1Cl. The molecule has 114 valence electrons. The highest BCUT2D eigenvalue weighted by molar-refractivity contribution is 6.36. The molecule has 21 heavy (non-hydrogen) atoms. The third-order valence-corrected chi connectivity index (χ3v) is 3.77. The molecule has 1 N–H and O–H groups in total. The van der Waals surface area contributed by atoms with Crippen LogP contribution in [0.25, 0.3) is 0 Å². The number of nitrogens with one attached hydrogen (secondary N) is 1. The number of rotatable bonds is 3. The highest BCUT2D eigenvalue weighted by Crippen LogP contribution is 2.23. The van der Waals surface area contributed by atoms with Crippen LogP contribution in [0.2, 0.25) is 10.0 Å². The predicted octanol–water partition coefficient (Wildman–Crippen LogP) is 1.97. The van der Waals surface area contributed by atoms with Crippen LogP contribution in [0, 0.1) is 0 Å². The zero-order valence-electron chi connectivity index (χ0n) is 11.6. The highest BCUT2D eigenvalue weighted by Gasteiger charge is 2.34. The Balaban J connectivity index is 2.24. The fourth-order valence-electron chi connectivity index (χ4n) is 2.21. The molecule has 0 spiro atoms. The molecule has 0 saturated carbocycles. The third kappa shape index (κ3) is 3.67. The lowest BCUT2D eigenvalue weighted by Gasteiger charge is -2.34. The number of piperazine rings is 1. The number of benzene rings is 1. The maximum Gasteiger partial charge on any atom is 0.330 e.